The Hall–Kier alpha value is -2.61. The molecule has 0 bridgehead atoms. The van der Waals surface area contributed by atoms with Crippen LogP contribution in [0.2, 0.25) is 0 Å². The van der Waals surface area contributed by atoms with Gasteiger partial charge in [0.1, 0.15) is 11.4 Å². The fraction of sp³-hybridized carbons (Fsp3) is 0.654. The van der Waals surface area contributed by atoms with Gasteiger partial charge in [0.05, 0.1) is 6.04 Å². The number of nitrogens with one attached hydrogen (secondary N) is 3. The number of hydrogen-bond acceptors (Lipinski definition) is 5. The molecule has 1 saturated carbocycles. The van der Waals surface area contributed by atoms with Gasteiger partial charge in [-0.15, -0.1) is 0 Å². The lowest BCUT2D eigenvalue weighted by atomic mass is 9.86. The molecule has 2 amide bonds. The number of benzene rings is 1. The number of hydrogen-bond donors (Lipinski definition) is 3. The molecule has 5 atom stereocenters. The van der Waals surface area contributed by atoms with Crippen LogP contribution in [0, 0.1) is 17.2 Å². The number of fused-ring (bicyclic) bond motifs is 1. The van der Waals surface area contributed by atoms with E-state index in [1.807, 2.05) is 38.1 Å². The quantitative estimate of drug-likeness (QED) is 0.540. The van der Waals surface area contributed by atoms with Crippen LogP contribution >= 0.6 is 0 Å². The van der Waals surface area contributed by atoms with E-state index in [9.17, 15) is 9.59 Å². The van der Waals surface area contributed by atoms with Gasteiger partial charge < -0.3 is 20.1 Å². The van der Waals surface area contributed by atoms with Gasteiger partial charge in [-0.2, -0.15) is 0 Å². The molecule has 186 valence electrons. The van der Waals surface area contributed by atoms with Crippen molar-refractivity contribution in [3.63, 3.8) is 0 Å². The Bertz CT molecular complexity index is 944. The number of ether oxygens (including phenoxy) is 2. The molecule has 1 aliphatic carbocycles. The summed E-state index contributed by atoms with van der Waals surface area (Å²) in [5.74, 6) is 0.713. The third-order valence-electron chi connectivity index (χ3n) is 7.53. The summed E-state index contributed by atoms with van der Waals surface area (Å²) in [5, 5.41) is 14.9. The van der Waals surface area contributed by atoms with Gasteiger partial charge in [-0.25, -0.2) is 0 Å². The molecule has 0 aromatic heterocycles. The zero-order chi connectivity index (χ0) is 24.7. The number of rotatable bonds is 8. The molecule has 8 heteroatoms. The summed E-state index contributed by atoms with van der Waals surface area (Å²) in [6.07, 6.45) is 3.18. The number of carbonyl (C=O) groups excluding carboxylic acids is 2. The molecule has 34 heavy (non-hydrogen) atoms. The van der Waals surface area contributed by atoms with Crippen molar-refractivity contribution in [3.05, 3.63) is 29.8 Å². The van der Waals surface area contributed by atoms with E-state index in [1.165, 1.54) is 0 Å². The number of nitrogens with zero attached hydrogens (tertiary/aromatic N) is 1. The van der Waals surface area contributed by atoms with E-state index in [0.717, 1.165) is 17.7 Å². The average molecular weight is 471 g/mol. The Balaban J connectivity index is 1.48. The second-order valence-corrected chi connectivity index (χ2v) is 10.9. The standard InChI is InChI=1S/C26H38N4O4/c1-6-26(4)14-19(16-9-7-8-10-21(16)34-26)28-23(32)18-13-17(18)20(11-12-33-5)30-22(31)15-25(2,3)29-24(30)27/h7-10,17-20H,6,11-15H2,1-5H3,(H2,27,29)(H,28,32)/t17-,18-,19?,20+,26?/m1/s1. The molecule has 2 fully saturated rings. The summed E-state index contributed by atoms with van der Waals surface area (Å²) >= 11 is 0. The summed E-state index contributed by atoms with van der Waals surface area (Å²) in [7, 11) is 1.63. The van der Waals surface area contributed by atoms with Crippen molar-refractivity contribution in [1.29, 1.82) is 5.41 Å². The summed E-state index contributed by atoms with van der Waals surface area (Å²) in [5.41, 5.74) is 0.234. The fourth-order valence-electron chi connectivity index (χ4n) is 5.41. The van der Waals surface area contributed by atoms with Gasteiger partial charge in [-0.1, -0.05) is 25.1 Å². The highest BCUT2D eigenvalue weighted by Crippen LogP contribution is 2.47. The van der Waals surface area contributed by atoms with Crippen LogP contribution in [0.15, 0.2) is 24.3 Å². The van der Waals surface area contributed by atoms with Gasteiger partial charge in [0.2, 0.25) is 11.8 Å². The first-order valence-corrected chi connectivity index (χ1v) is 12.3. The molecule has 4 rings (SSSR count). The summed E-state index contributed by atoms with van der Waals surface area (Å²) < 4.78 is 11.5. The maximum Gasteiger partial charge on any atom is 0.231 e. The smallest absolute Gasteiger partial charge is 0.231 e. The molecular formula is C26H38N4O4. The van der Waals surface area contributed by atoms with Crippen LogP contribution in [0.5, 0.6) is 5.75 Å². The van der Waals surface area contributed by atoms with E-state index >= 15 is 0 Å². The third-order valence-corrected chi connectivity index (χ3v) is 7.53. The van der Waals surface area contributed by atoms with Crippen LogP contribution < -0.4 is 15.4 Å². The zero-order valence-electron chi connectivity index (χ0n) is 20.9. The molecular weight excluding hydrogens is 432 g/mol. The Morgan fingerprint density at radius 1 is 1.35 bits per heavy atom. The second kappa shape index (κ2) is 9.21. The van der Waals surface area contributed by atoms with E-state index in [4.69, 9.17) is 14.9 Å². The largest absolute Gasteiger partial charge is 0.487 e. The number of para-hydroxylation sites is 1. The van der Waals surface area contributed by atoms with E-state index in [1.54, 1.807) is 12.0 Å². The fourth-order valence-corrected chi connectivity index (χ4v) is 5.41. The Morgan fingerprint density at radius 3 is 2.76 bits per heavy atom. The molecule has 2 heterocycles. The van der Waals surface area contributed by atoms with Crippen molar-refractivity contribution in [3.8, 4) is 5.75 Å². The van der Waals surface area contributed by atoms with Crippen LogP contribution in [-0.4, -0.2) is 53.6 Å². The second-order valence-electron chi connectivity index (χ2n) is 10.9. The summed E-state index contributed by atoms with van der Waals surface area (Å²) in [6.45, 7) is 8.50. The monoisotopic (exact) mass is 470 g/mol. The van der Waals surface area contributed by atoms with Gasteiger partial charge in [-0.3, -0.25) is 19.9 Å². The maximum absolute atomic E-state index is 13.4. The van der Waals surface area contributed by atoms with Crippen LogP contribution in [0.25, 0.3) is 0 Å². The maximum atomic E-state index is 13.4. The number of guanidine groups is 1. The van der Waals surface area contributed by atoms with Gasteiger partial charge in [0.25, 0.3) is 0 Å². The summed E-state index contributed by atoms with van der Waals surface area (Å²) in [4.78, 5) is 27.9. The van der Waals surface area contributed by atoms with Crippen molar-refractivity contribution in [2.75, 3.05) is 13.7 Å². The minimum Gasteiger partial charge on any atom is -0.487 e. The first-order chi connectivity index (χ1) is 16.1. The molecule has 0 spiro atoms. The van der Waals surface area contributed by atoms with E-state index < -0.39 is 5.54 Å². The lowest BCUT2D eigenvalue weighted by molar-refractivity contribution is -0.133. The highest BCUT2D eigenvalue weighted by molar-refractivity contribution is 5.99. The number of carbonyl (C=O) groups is 2. The number of methoxy groups -OCH3 is 1. The Kier molecular flexibility index (Phi) is 6.64. The normalized spacial score (nSPS) is 30.6. The topological polar surface area (TPSA) is 104 Å². The molecule has 3 aliphatic rings. The molecule has 1 saturated heterocycles. The van der Waals surface area contributed by atoms with Gasteiger partial charge in [0, 0.05) is 49.6 Å². The molecule has 1 aromatic rings. The first-order valence-electron chi connectivity index (χ1n) is 12.3. The molecule has 2 aliphatic heterocycles. The van der Waals surface area contributed by atoms with Crippen molar-refractivity contribution in [1.82, 2.24) is 15.5 Å². The molecule has 3 N–H and O–H groups in total. The minimum atomic E-state index is -0.445. The highest BCUT2D eigenvalue weighted by Gasteiger charge is 2.53. The van der Waals surface area contributed by atoms with Crippen molar-refractivity contribution in [2.24, 2.45) is 11.8 Å². The van der Waals surface area contributed by atoms with Crippen molar-refractivity contribution in [2.45, 2.75) is 83.0 Å². The zero-order valence-corrected chi connectivity index (χ0v) is 20.9. The lowest BCUT2D eigenvalue weighted by Gasteiger charge is -2.42. The summed E-state index contributed by atoms with van der Waals surface area (Å²) in [6, 6.07) is 7.56. The van der Waals surface area contributed by atoms with Crippen LogP contribution in [0.1, 0.15) is 71.4 Å². The predicted molar refractivity (Wildman–Crippen MR) is 130 cm³/mol. The molecule has 2 unspecified atom stereocenters. The highest BCUT2D eigenvalue weighted by atomic mass is 16.5. The van der Waals surface area contributed by atoms with E-state index in [-0.39, 0.29) is 47.3 Å². The van der Waals surface area contributed by atoms with Crippen molar-refractivity contribution < 1.29 is 19.1 Å². The SMILES string of the molecule is CCC1(C)CC(NC(=O)[C@@H]2C[C@H]2[C@H](CCOC)N2C(=N)NC(C)(C)CC2=O)c2ccccc2O1. The Morgan fingerprint density at radius 2 is 2.09 bits per heavy atom. The van der Waals surface area contributed by atoms with Gasteiger partial charge in [0.15, 0.2) is 5.96 Å². The average Bonchev–Trinajstić information content (AvgIpc) is 3.55. The lowest BCUT2D eigenvalue weighted by Crippen LogP contribution is -2.63. The van der Waals surface area contributed by atoms with Crippen LogP contribution in [0.3, 0.4) is 0 Å². The van der Waals surface area contributed by atoms with E-state index in [0.29, 0.717) is 32.3 Å². The Labute approximate surface area is 202 Å². The van der Waals surface area contributed by atoms with Gasteiger partial charge in [-0.05, 0) is 52.0 Å². The molecule has 1 aromatic carbocycles. The van der Waals surface area contributed by atoms with Crippen LogP contribution in [0.4, 0.5) is 0 Å². The molecule has 0 radical (unpaired) electrons. The van der Waals surface area contributed by atoms with Crippen LogP contribution in [-0.2, 0) is 14.3 Å². The molecule has 8 nitrogen and oxygen atoms in total. The first kappa shape index (κ1) is 24.5. The van der Waals surface area contributed by atoms with Crippen molar-refractivity contribution >= 4 is 17.8 Å². The minimum absolute atomic E-state index is 0.00936. The van der Waals surface area contributed by atoms with Gasteiger partial charge >= 0.3 is 0 Å². The third kappa shape index (κ3) is 4.92. The number of amides is 2. The predicted octanol–water partition coefficient (Wildman–Crippen LogP) is 3.37. The van der Waals surface area contributed by atoms with E-state index in [2.05, 4.69) is 24.5 Å².